The second-order valence-corrected chi connectivity index (χ2v) is 9.55. The molecule has 1 amide bonds. The van der Waals surface area contributed by atoms with Crippen molar-refractivity contribution < 1.29 is 13.2 Å². The van der Waals surface area contributed by atoms with Gasteiger partial charge in [0.05, 0.1) is 17.7 Å². The van der Waals surface area contributed by atoms with E-state index in [9.17, 15) is 13.2 Å². The van der Waals surface area contributed by atoms with Crippen LogP contribution in [-0.2, 0) is 29.3 Å². The average Bonchev–Trinajstić information content (AvgIpc) is 3.07. The molecule has 0 atom stereocenters. The van der Waals surface area contributed by atoms with Crippen LogP contribution in [-0.4, -0.2) is 53.4 Å². The van der Waals surface area contributed by atoms with Crippen LogP contribution in [0.15, 0.2) is 30.5 Å². The van der Waals surface area contributed by atoms with E-state index in [1.165, 1.54) is 0 Å². The van der Waals surface area contributed by atoms with Crippen LogP contribution >= 0.6 is 0 Å². The highest BCUT2D eigenvalue weighted by molar-refractivity contribution is 7.91. The number of nitrogens with one attached hydrogen (secondary N) is 1. The van der Waals surface area contributed by atoms with Crippen molar-refractivity contribution in [1.29, 1.82) is 0 Å². The van der Waals surface area contributed by atoms with Crippen molar-refractivity contribution in [2.45, 2.75) is 32.4 Å². The number of aromatic nitrogens is 2. The highest BCUT2D eigenvalue weighted by Gasteiger charge is 2.21. The second kappa shape index (κ2) is 7.44. The number of hydrogen-bond acceptors (Lipinski definition) is 5. The summed E-state index contributed by atoms with van der Waals surface area (Å²) in [7, 11) is -2.86. The van der Waals surface area contributed by atoms with Crippen LogP contribution in [0.3, 0.4) is 0 Å². The zero-order valence-corrected chi connectivity index (χ0v) is 16.0. The van der Waals surface area contributed by atoms with Gasteiger partial charge >= 0.3 is 0 Å². The molecule has 3 heterocycles. The molecule has 0 saturated carbocycles. The smallest absolute Gasteiger partial charge is 0.256 e. The zero-order chi connectivity index (χ0) is 18.9. The molecule has 1 aromatic carbocycles. The minimum absolute atomic E-state index is 0.140. The first-order valence-electron chi connectivity index (χ1n) is 9.38. The lowest BCUT2D eigenvalue weighted by atomic mass is 10.1. The lowest BCUT2D eigenvalue weighted by molar-refractivity contribution is 0.102. The van der Waals surface area contributed by atoms with Gasteiger partial charge in [0.15, 0.2) is 9.84 Å². The summed E-state index contributed by atoms with van der Waals surface area (Å²) in [5.41, 5.74) is 1.68. The number of carbonyl (C=O) groups is 1. The molecule has 0 unspecified atom stereocenters. The number of benzene rings is 1. The Balaban J connectivity index is 1.37. The van der Waals surface area contributed by atoms with Crippen molar-refractivity contribution in [2.75, 3.05) is 29.9 Å². The van der Waals surface area contributed by atoms with Crippen LogP contribution in [0.1, 0.15) is 34.6 Å². The van der Waals surface area contributed by atoms with Crippen LogP contribution < -0.4 is 5.32 Å². The van der Waals surface area contributed by atoms with Gasteiger partial charge in [-0.3, -0.25) is 9.69 Å². The lowest BCUT2D eigenvalue weighted by Gasteiger charge is -2.26. The number of sulfone groups is 1. The van der Waals surface area contributed by atoms with Crippen molar-refractivity contribution in [1.82, 2.24) is 14.5 Å². The Morgan fingerprint density at radius 3 is 2.56 bits per heavy atom. The molecule has 144 valence electrons. The van der Waals surface area contributed by atoms with E-state index in [2.05, 4.69) is 19.8 Å². The van der Waals surface area contributed by atoms with Crippen LogP contribution in [0.5, 0.6) is 0 Å². The fraction of sp³-hybridized carbons (Fsp3) is 0.474. The van der Waals surface area contributed by atoms with Gasteiger partial charge in [-0.1, -0.05) is 12.1 Å². The van der Waals surface area contributed by atoms with Crippen molar-refractivity contribution in [3.05, 3.63) is 47.4 Å². The van der Waals surface area contributed by atoms with Crippen LogP contribution in [0, 0.1) is 0 Å². The summed E-state index contributed by atoms with van der Waals surface area (Å²) in [5.74, 6) is 2.11. The van der Waals surface area contributed by atoms with Gasteiger partial charge in [-0.15, -0.1) is 0 Å². The minimum atomic E-state index is -2.86. The first-order chi connectivity index (χ1) is 13.0. The first-order valence-corrected chi connectivity index (χ1v) is 11.2. The molecule has 0 bridgehead atoms. The number of anilines is 1. The predicted octanol–water partition coefficient (Wildman–Crippen LogP) is 1.70. The highest BCUT2D eigenvalue weighted by Crippen LogP contribution is 2.20. The number of amides is 1. The number of rotatable bonds is 4. The molecule has 2 aromatic rings. The van der Waals surface area contributed by atoms with Crippen molar-refractivity contribution in [3.63, 3.8) is 0 Å². The van der Waals surface area contributed by atoms with Crippen molar-refractivity contribution >= 4 is 21.6 Å². The van der Waals surface area contributed by atoms with Crippen LogP contribution in [0.25, 0.3) is 0 Å². The number of imidazole rings is 1. The van der Waals surface area contributed by atoms with E-state index >= 15 is 0 Å². The summed E-state index contributed by atoms with van der Waals surface area (Å²) >= 11 is 0. The van der Waals surface area contributed by atoms with E-state index < -0.39 is 9.84 Å². The largest absolute Gasteiger partial charge is 0.315 e. The molecule has 1 fully saturated rings. The van der Waals surface area contributed by atoms with Crippen molar-refractivity contribution in [2.24, 2.45) is 0 Å². The molecule has 2 aliphatic heterocycles. The number of nitrogens with zero attached hydrogens (tertiary/aromatic N) is 3. The SMILES string of the molecule is O=C(Nc1cnc2n1CCCC2)c1ccc(CN2CCS(=O)(=O)CC2)cc1. The van der Waals surface area contributed by atoms with Gasteiger partial charge in [0, 0.05) is 38.2 Å². The molecule has 27 heavy (non-hydrogen) atoms. The zero-order valence-electron chi connectivity index (χ0n) is 15.2. The van der Waals surface area contributed by atoms with Gasteiger partial charge in [-0.25, -0.2) is 13.4 Å². The molecule has 1 N–H and O–H groups in total. The van der Waals surface area contributed by atoms with Gasteiger partial charge < -0.3 is 9.88 Å². The maximum absolute atomic E-state index is 12.5. The molecular weight excluding hydrogens is 364 g/mol. The molecule has 4 rings (SSSR count). The van der Waals surface area contributed by atoms with Crippen LogP contribution in [0.2, 0.25) is 0 Å². The second-order valence-electron chi connectivity index (χ2n) is 7.25. The normalized spacial score (nSPS) is 19.4. The molecule has 0 radical (unpaired) electrons. The molecule has 1 aromatic heterocycles. The first kappa shape index (κ1) is 18.2. The highest BCUT2D eigenvalue weighted by atomic mass is 32.2. The maximum atomic E-state index is 12.5. The fourth-order valence-corrected chi connectivity index (χ4v) is 4.91. The lowest BCUT2D eigenvalue weighted by Crippen LogP contribution is -2.39. The summed E-state index contributed by atoms with van der Waals surface area (Å²) in [4.78, 5) is 19.1. The summed E-state index contributed by atoms with van der Waals surface area (Å²) < 4.78 is 25.1. The van der Waals surface area contributed by atoms with Gasteiger partial charge in [-0.05, 0) is 30.5 Å². The summed E-state index contributed by atoms with van der Waals surface area (Å²) in [6, 6.07) is 7.51. The third-order valence-corrected chi connectivity index (χ3v) is 6.88. The van der Waals surface area contributed by atoms with E-state index in [0.717, 1.165) is 43.0 Å². The number of aryl methyl sites for hydroxylation is 1. The summed E-state index contributed by atoms with van der Waals surface area (Å²) in [6.07, 6.45) is 4.95. The average molecular weight is 388 g/mol. The molecule has 0 aliphatic carbocycles. The van der Waals surface area contributed by atoms with E-state index in [4.69, 9.17) is 0 Å². The Kier molecular flexibility index (Phi) is 5.01. The molecule has 8 heteroatoms. The standard InChI is InChI=1S/C19H24N4O3S/c24-19(21-18-13-20-17-3-1-2-8-23(17)18)16-6-4-15(5-7-16)14-22-9-11-27(25,26)12-10-22/h4-7,13H,1-3,8-12,14H2,(H,21,24). The van der Waals surface area contributed by atoms with E-state index in [1.54, 1.807) is 6.20 Å². The topological polar surface area (TPSA) is 84.3 Å². The Bertz CT molecular complexity index is 920. The number of carbonyl (C=O) groups excluding carboxylic acids is 1. The Labute approximate surface area is 159 Å². The molecular formula is C19H24N4O3S. The summed E-state index contributed by atoms with van der Waals surface area (Å²) in [5, 5.41) is 2.96. The van der Waals surface area contributed by atoms with E-state index in [1.807, 2.05) is 24.3 Å². The minimum Gasteiger partial charge on any atom is -0.315 e. The van der Waals surface area contributed by atoms with Crippen LogP contribution in [0.4, 0.5) is 5.82 Å². The Hall–Kier alpha value is -2.19. The number of fused-ring (bicyclic) bond motifs is 1. The monoisotopic (exact) mass is 388 g/mol. The molecule has 2 aliphatic rings. The Morgan fingerprint density at radius 2 is 1.81 bits per heavy atom. The van der Waals surface area contributed by atoms with E-state index in [-0.39, 0.29) is 17.4 Å². The van der Waals surface area contributed by atoms with Gasteiger partial charge in [0.2, 0.25) is 0 Å². The summed E-state index contributed by atoms with van der Waals surface area (Å²) in [6.45, 7) is 2.73. The van der Waals surface area contributed by atoms with Gasteiger partial charge in [0.1, 0.15) is 11.6 Å². The Morgan fingerprint density at radius 1 is 1.07 bits per heavy atom. The number of hydrogen-bond donors (Lipinski definition) is 1. The molecule has 0 spiro atoms. The van der Waals surface area contributed by atoms with Gasteiger partial charge in [-0.2, -0.15) is 0 Å². The van der Waals surface area contributed by atoms with Crippen molar-refractivity contribution in [3.8, 4) is 0 Å². The van der Waals surface area contributed by atoms with E-state index in [0.29, 0.717) is 25.2 Å². The quantitative estimate of drug-likeness (QED) is 0.862. The maximum Gasteiger partial charge on any atom is 0.256 e. The van der Waals surface area contributed by atoms with Gasteiger partial charge in [0.25, 0.3) is 5.91 Å². The third kappa shape index (κ3) is 4.22. The molecule has 1 saturated heterocycles. The molecule has 7 nitrogen and oxygen atoms in total. The fourth-order valence-electron chi connectivity index (χ4n) is 3.63. The third-order valence-electron chi connectivity index (χ3n) is 5.27. The predicted molar refractivity (Wildman–Crippen MR) is 103 cm³/mol.